The Morgan fingerprint density at radius 3 is 3.11 bits per heavy atom. The van der Waals surface area contributed by atoms with Crippen molar-refractivity contribution in [2.45, 2.75) is 0 Å². The molecule has 0 aliphatic carbocycles. The van der Waals surface area contributed by atoms with E-state index in [2.05, 4.69) is 18.3 Å². The van der Waals surface area contributed by atoms with Crippen molar-refractivity contribution in [3.05, 3.63) is 25.1 Å². The molecular formula is C6H10N3+. The van der Waals surface area contributed by atoms with E-state index in [1.807, 2.05) is 24.3 Å². The van der Waals surface area contributed by atoms with Crippen LogP contribution in [0.15, 0.2) is 18.9 Å². The highest BCUT2D eigenvalue weighted by Crippen LogP contribution is 1.94. The molecule has 48 valence electrons. The first-order valence-corrected chi connectivity index (χ1v) is 2.80. The first-order valence-electron chi connectivity index (χ1n) is 2.80. The highest BCUT2D eigenvalue weighted by atomic mass is 15.8. The first-order chi connectivity index (χ1) is 4.33. The van der Waals surface area contributed by atoms with Crippen LogP contribution in [-0.4, -0.2) is 23.6 Å². The van der Waals surface area contributed by atoms with E-state index in [-0.39, 0.29) is 0 Å². The van der Waals surface area contributed by atoms with Crippen molar-refractivity contribution in [2.24, 2.45) is 0 Å². The Balaban J connectivity index is 2.31. The summed E-state index contributed by atoms with van der Waals surface area (Å²) in [5.41, 5.74) is 2.98. The van der Waals surface area contributed by atoms with E-state index in [0.29, 0.717) is 0 Å². The summed E-state index contributed by atoms with van der Waals surface area (Å²) in [5.74, 6) is 0. The fourth-order valence-corrected chi connectivity index (χ4v) is 0.639. The Bertz CT molecular complexity index is 130. The molecule has 0 amide bonds. The molecule has 3 heteroatoms. The summed E-state index contributed by atoms with van der Waals surface area (Å²) in [6.07, 6.45) is 6.59. The standard InChI is InChI=1S/C6H10N3/c1-3-4-9-6-5-8(2)7-9/h3,6-7H,1,4H2,2H3/q+1. The molecule has 0 radical (unpaired) electrons. The van der Waals surface area contributed by atoms with E-state index in [9.17, 15) is 0 Å². The molecule has 0 spiro atoms. The van der Waals surface area contributed by atoms with Crippen LogP contribution >= 0.6 is 0 Å². The smallest absolute Gasteiger partial charge is 0.242 e. The zero-order chi connectivity index (χ0) is 6.69. The van der Waals surface area contributed by atoms with E-state index in [4.69, 9.17) is 0 Å². The van der Waals surface area contributed by atoms with Crippen LogP contribution in [0.3, 0.4) is 0 Å². The summed E-state index contributed by atoms with van der Waals surface area (Å²) in [5, 5.41) is 3.64. The van der Waals surface area contributed by atoms with Crippen LogP contribution < -0.4 is 5.53 Å². The van der Waals surface area contributed by atoms with Gasteiger partial charge in [-0.1, -0.05) is 16.6 Å². The minimum atomic E-state index is 0.803. The first kappa shape index (κ1) is 6.08. The predicted molar refractivity (Wildman–Crippen MR) is 35.6 cm³/mol. The molecule has 1 aliphatic heterocycles. The Labute approximate surface area is 55.2 Å². The van der Waals surface area contributed by atoms with Crippen LogP contribution in [0.4, 0.5) is 0 Å². The van der Waals surface area contributed by atoms with Crippen LogP contribution in [0, 0.1) is 6.20 Å². The normalized spacial score (nSPS) is 16.1. The largest absolute Gasteiger partial charge is 0.409 e. The minimum absolute atomic E-state index is 0.803. The molecule has 0 aromatic heterocycles. The maximum absolute atomic E-state index is 3.60. The predicted octanol–water partition coefficient (Wildman–Crippen LogP) is 0.114. The molecule has 1 aliphatic rings. The van der Waals surface area contributed by atoms with Crippen molar-refractivity contribution in [3.8, 4) is 0 Å². The molecule has 0 aromatic carbocycles. The van der Waals surface area contributed by atoms with Crippen molar-refractivity contribution < 1.29 is 0 Å². The quantitative estimate of drug-likeness (QED) is 0.416. The van der Waals surface area contributed by atoms with Gasteiger partial charge < -0.3 is 0 Å². The van der Waals surface area contributed by atoms with Gasteiger partial charge in [0.05, 0.1) is 13.6 Å². The maximum atomic E-state index is 3.60. The minimum Gasteiger partial charge on any atom is -0.242 e. The zero-order valence-electron chi connectivity index (χ0n) is 5.46. The van der Waals surface area contributed by atoms with E-state index in [1.165, 1.54) is 0 Å². The Morgan fingerprint density at radius 1 is 1.89 bits per heavy atom. The van der Waals surface area contributed by atoms with Crippen LogP contribution in [0.5, 0.6) is 0 Å². The second kappa shape index (κ2) is 2.49. The van der Waals surface area contributed by atoms with Gasteiger partial charge in [-0.15, -0.1) is 6.58 Å². The summed E-state index contributed by atoms with van der Waals surface area (Å²) in [7, 11) is 1.89. The number of nitrogens with one attached hydrogen (secondary N) is 1. The average Bonchev–Trinajstić information content (AvgIpc) is 2.17. The SMILES string of the molecule is C=CCN1C=[C+]N(C)N1. The van der Waals surface area contributed by atoms with Gasteiger partial charge in [0.1, 0.15) is 0 Å². The molecule has 0 unspecified atom stereocenters. The van der Waals surface area contributed by atoms with Gasteiger partial charge in [-0.2, -0.15) is 0 Å². The lowest BCUT2D eigenvalue weighted by Crippen LogP contribution is -2.36. The number of rotatable bonds is 2. The van der Waals surface area contributed by atoms with Gasteiger partial charge in [0.2, 0.25) is 0 Å². The highest BCUT2D eigenvalue weighted by molar-refractivity contribution is 4.82. The van der Waals surface area contributed by atoms with Crippen molar-refractivity contribution in [3.63, 3.8) is 0 Å². The molecule has 0 fully saturated rings. The third kappa shape index (κ3) is 1.42. The van der Waals surface area contributed by atoms with Crippen molar-refractivity contribution in [1.82, 2.24) is 15.6 Å². The number of hydrogen-bond donors (Lipinski definition) is 1. The molecule has 9 heavy (non-hydrogen) atoms. The molecule has 0 saturated heterocycles. The van der Waals surface area contributed by atoms with E-state index in [1.54, 1.807) is 5.01 Å². The van der Waals surface area contributed by atoms with E-state index >= 15 is 0 Å². The Hall–Kier alpha value is -1.05. The summed E-state index contributed by atoms with van der Waals surface area (Å²) in [4.78, 5) is 0. The Kier molecular flexibility index (Phi) is 1.68. The third-order valence-electron chi connectivity index (χ3n) is 1.01. The topological polar surface area (TPSA) is 18.5 Å². The summed E-state index contributed by atoms with van der Waals surface area (Å²) in [6, 6.07) is 0. The Morgan fingerprint density at radius 2 is 2.67 bits per heavy atom. The third-order valence-corrected chi connectivity index (χ3v) is 1.01. The van der Waals surface area contributed by atoms with Crippen molar-refractivity contribution in [1.29, 1.82) is 0 Å². The zero-order valence-corrected chi connectivity index (χ0v) is 5.46. The second-order valence-electron chi connectivity index (χ2n) is 1.86. The van der Waals surface area contributed by atoms with Crippen LogP contribution in [0.2, 0.25) is 0 Å². The van der Waals surface area contributed by atoms with Crippen molar-refractivity contribution >= 4 is 0 Å². The van der Waals surface area contributed by atoms with Crippen LogP contribution in [-0.2, 0) is 0 Å². The maximum Gasteiger partial charge on any atom is 0.409 e. The summed E-state index contributed by atoms with van der Waals surface area (Å²) < 4.78 is 0. The fraction of sp³-hybridized carbons (Fsp3) is 0.333. The molecule has 0 bridgehead atoms. The molecule has 0 saturated carbocycles. The van der Waals surface area contributed by atoms with Crippen LogP contribution in [0.1, 0.15) is 0 Å². The van der Waals surface area contributed by atoms with Gasteiger partial charge in [0.15, 0.2) is 0 Å². The van der Waals surface area contributed by atoms with E-state index in [0.717, 1.165) is 6.54 Å². The fourth-order valence-electron chi connectivity index (χ4n) is 0.639. The van der Waals surface area contributed by atoms with Gasteiger partial charge in [-0.05, 0) is 0 Å². The average molecular weight is 124 g/mol. The summed E-state index contributed by atoms with van der Waals surface area (Å²) >= 11 is 0. The summed E-state index contributed by atoms with van der Waals surface area (Å²) in [6.45, 7) is 4.40. The van der Waals surface area contributed by atoms with Gasteiger partial charge in [-0.25, -0.2) is 5.01 Å². The molecule has 1 N–H and O–H groups in total. The molecular weight excluding hydrogens is 114 g/mol. The van der Waals surface area contributed by atoms with Gasteiger partial charge in [-0.3, -0.25) is 0 Å². The van der Waals surface area contributed by atoms with E-state index < -0.39 is 0 Å². The molecule has 3 nitrogen and oxygen atoms in total. The monoisotopic (exact) mass is 124 g/mol. The number of hydrogen-bond acceptors (Lipinski definition) is 3. The lowest BCUT2D eigenvalue weighted by molar-refractivity contribution is 0.171. The number of hydrazine groups is 2. The van der Waals surface area contributed by atoms with Gasteiger partial charge >= 0.3 is 6.20 Å². The molecule has 0 atom stereocenters. The highest BCUT2D eigenvalue weighted by Gasteiger charge is 2.17. The second-order valence-corrected chi connectivity index (χ2v) is 1.86. The lowest BCUT2D eigenvalue weighted by atomic mass is 10.6. The van der Waals surface area contributed by atoms with Crippen LogP contribution in [0.25, 0.3) is 0 Å². The number of nitrogens with zero attached hydrogens (tertiary/aromatic N) is 2. The van der Waals surface area contributed by atoms with Crippen molar-refractivity contribution in [2.75, 3.05) is 13.6 Å². The lowest BCUT2D eigenvalue weighted by Gasteiger charge is -2.08. The molecule has 0 aromatic rings. The van der Waals surface area contributed by atoms with Gasteiger partial charge in [0.25, 0.3) is 6.20 Å². The van der Waals surface area contributed by atoms with Gasteiger partial charge in [0, 0.05) is 0 Å². The molecule has 1 heterocycles. The molecule has 1 rings (SSSR count).